The lowest BCUT2D eigenvalue weighted by molar-refractivity contribution is 0.0547. The summed E-state index contributed by atoms with van der Waals surface area (Å²) in [4.78, 5) is 12.4. The number of nitrogens with one attached hydrogen (secondary N) is 2. The summed E-state index contributed by atoms with van der Waals surface area (Å²) in [7, 11) is 0. The Morgan fingerprint density at radius 2 is 1.57 bits per heavy atom. The van der Waals surface area contributed by atoms with Gasteiger partial charge in [0.25, 0.3) is 0 Å². The molecule has 0 fully saturated rings. The van der Waals surface area contributed by atoms with Crippen molar-refractivity contribution in [3.8, 4) is 0 Å². The molecule has 9 heteroatoms. The molecule has 0 spiro atoms. The average molecular weight is 347 g/mol. The number of anilines is 2. The zero-order chi connectivity index (χ0) is 16.9. The van der Waals surface area contributed by atoms with Crippen LogP contribution in [0.2, 0.25) is 5.28 Å². The van der Waals surface area contributed by atoms with Crippen molar-refractivity contribution in [1.82, 2.24) is 15.0 Å². The molecule has 1 rings (SSSR count). The van der Waals surface area contributed by atoms with Gasteiger partial charge in [-0.2, -0.15) is 15.0 Å². The predicted octanol–water partition coefficient (Wildman–Crippen LogP) is 1.39. The molecular formula is C14H27ClN6O2. The molecule has 0 aliphatic carbocycles. The zero-order valence-electron chi connectivity index (χ0n) is 13.8. The van der Waals surface area contributed by atoms with Crippen molar-refractivity contribution < 1.29 is 9.47 Å². The van der Waals surface area contributed by atoms with E-state index in [0.29, 0.717) is 57.3 Å². The maximum atomic E-state index is 5.90. The second kappa shape index (κ2) is 12.2. The lowest BCUT2D eigenvalue weighted by Gasteiger charge is -2.09. The third kappa shape index (κ3) is 10.2. The summed E-state index contributed by atoms with van der Waals surface area (Å²) in [5, 5.41) is 6.36. The second-order valence-corrected chi connectivity index (χ2v) is 5.64. The number of aromatic nitrogens is 3. The van der Waals surface area contributed by atoms with Gasteiger partial charge in [0, 0.05) is 19.6 Å². The highest BCUT2D eigenvalue weighted by Crippen LogP contribution is 2.10. The third-order valence-corrected chi connectivity index (χ3v) is 2.95. The molecule has 0 saturated carbocycles. The van der Waals surface area contributed by atoms with E-state index in [1.165, 1.54) is 0 Å². The highest BCUT2D eigenvalue weighted by atomic mass is 35.5. The maximum absolute atomic E-state index is 5.90. The molecule has 8 nitrogen and oxygen atoms in total. The lowest BCUT2D eigenvalue weighted by Crippen LogP contribution is -2.16. The SMILES string of the molecule is CC(C)CCNc1nc(Cl)nc(NCCOCCOCCN)n1. The van der Waals surface area contributed by atoms with Crippen molar-refractivity contribution in [2.75, 3.05) is 56.7 Å². The van der Waals surface area contributed by atoms with Crippen molar-refractivity contribution in [3.05, 3.63) is 5.28 Å². The summed E-state index contributed by atoms with van der Waals surface area (Å²) in [5.41, 5.74) is 5.31. The molecule has 1 heterocycles. The topological polar surface area (TPSA) is 107 Å². The summed E-state index contributed by atoms with van der Waals surface area (Å²) < 4.78 is 10.6. The van der Waals surface area contributed by atoms with Gasteiger partial charge in [-0.3, -0.25) is 0 Å². The quantitative estimate of drug-likeness (QED) is 0.460. The summed E-state index contributed by atoms with van der Waals surface area (Å²) in [6.45, 7) is 8.36. The highest BCUT2D eigenvalue weighted by molar-refractivity contribution is 6.28. The van der Waals surface area contributed by atoms with Crippen LogP contribution < -0.4 is 16.4 Å². The summed E-state index contributed by atoms with van der Waals surface area (Å²) >= 11 is 5.90. The first-order valence-electron chi connectivity index (χ1n) is 7.86. The second-order valence-electron chi connectivity index (χ2n) is 5.30. The Morgan fingerprint density at radius 3 is 2.17 bits per heavy atom. The van der Waals surface area contributed by atoms with Crippen LogP contribution in [-0.4, -0.2) is 61.0 Å². The fourth-order valence-corrected chi connectivity index (χ4v) is 1.78. The van der Waals surface area contributed by atoms with E-state index in [0.717, 1.165) is 13.0 Å². The van der Waals surface area contributed by atoms with Gasteiger partial charge < -0.3 is 25.8 Å². The Morgan fingerprint density at radius 1 is 0.957 bits per heavy atom. The number of rotatable bonds is 13. The first kappa shape index (κ1) is 19.8. The molecule has 0 saturated heterocycles. The van der Waals surface area contributed by atoms with Gasteiger partial charge in [0.15, 0.2) is 0 Å². The van der Waals surface area contributed by atoms with Crippen LogP contribution in [0.1, 0.15) is 20.3 Å². The van der Waals surface area contributed by atoms with E-state index < -0.39 is 0 Å². The van der Waals surface area contributed by atoms with Crippen LogP contribution in [-0.2, 0) is 9.47 Å². The summed E-state index contributed by atoms with van der Waals surface area (Å²) in [6.07, 6.45) is 1.03. The van der Waals surface area contributed by atoms with Crippen LogP contribution in [0.4, 0.5) is 11.9 Å². The van der Waals surface area contributed by atoms with Gasteiger partial charge in [0.2, 0.25) is 17.2 Å². The monoisotopic (exact) mass is 346 g/mol. The van der Waals surface area contributed by atoms with Crippen LogP contribution in [0.15, 0.2) is 0 Å². The Balaban J connectivity index is 2.24. The van der Waals surface area contributed by atoms with Gasteiger partial charge in [-0.15, -0.1) is 0 Å². The minimum Gasteiger partial charge on any atom is -0.378 e. The number of hydrogen-bond acceptors (Lipinski definition) is 8. The lowest BCUT2D eigenvalue weighted by atomic mass is 10.1. The van der Waals surface area contributed by atoms with E-state index in [1.807, 2.05) is 0 Å². The minimum atomic E-state index is 0.158. The van der Waals surface area contributed by atoms with Gasteiger partial charge in [0.1, 0.15) is 0 Å². The van der Waals surface area contributed by atoms with Crippen LogP contribution in [0.25, 0.3) is 0 Å². The molecule has 4 N–H and O–H groups in total. The average Bonchev–Trinajstić information content (AvgIpc) is 2.49. The summed E-state index contributed by atoms with van der Waals surface area (Å²) in [6, 6.07) is 0. The Bertz CT molecular complexity index is 436. The Kier molecular flexibility index (Phi) is 10.5. The number of halogens is 1. The smallest absolute Gasteiger partial charge is 0.228 e. The molecule has 0 bridgehead atoms. The van der Waals surface area contributed by atoms with E-state index in [4.69, 9.17) is 26.8 Å². The molecule has 0 unspecified atom stereocenters. The summed E-state index contributed by atoms with van der Waals surface area (Å²) in [5.74, 6) is 1.52. The predicted molar refractivity (Wildman–Crippen MR) is 92.0 cm³/mol. The molecule has 1 aromatic rings. The van der Waals surface area contributed by atoms with Gasteiger partial charge in [-0.25, -0.2) is 0 Å². The first-order valence-corrected chi connectivity index (χ1v) is 8.24. The van der Waals surface area contributed by atoms with Crippen LogP contribution in [0.3, 0.4) is 0 Å². The van der Waals surface area contributed by atoms with Gasteiger partial charge in [0.05, 0.1) is 26.4 Å². The van der Waals surface area contributed by atoms with Crippen molar-refractivity contribution in [2.45, 2.75) is 20.3 Å². The van der Waals surface area contributed by atoms with Gasteiger partial charge in [-0.1, -0.05) is 13.8 Å². The molecular weight excluding hydrogens is 320 g/mol. The highest BCUT2D eigenvalue weighted by Gasteiger charge is 2.04. The van der Waals surface area contributed by atoms with Gasteiger partial charge in [-0.05, 0) is 23.9 Å². The molecule has 0 atom stereocenters. The van der Waals surface area contributed by atoms with E-state index in [-0.39, 0.29) is 5.28 Å². The molecule has 0 aromatic carbocycles. The fraction of sp³-hybridized carbons (Fsp3) is 0.786. The number of ether oxygens (including phenoxy) is 2. The standard InChI is InChI=1S/C14H27ClN6O2/c1-11(2)3-5-17-13-19-12(15)20-14(21-13)18-6-8-23-10-9-22-7-4-16/h11H,3-10,16H2,1-2H3,(H2,17,18,19,20,21). The molecule has 23 heavy (non-hydrogen) atoms. The van der Waals surface area contributed by atoms with Crippen LogP contribution in [0, 0.1) is 5.92 Å². The van der Waals surface area contributed by atoms with Crippen molar-refractivity contribution in [1.29, 1.82) is 0 Å². The van der Waals surface area contributed by atoms with Crippen LogP contribution in [0.5, 0.6) is 0 Å². The van der Waals surface area contributed by atoms with Crippen molar-refractivity contribution in [2.24, 2.45) is 11.7 Å². The largest absolute Gasteiger partial charge is 0.378 e. The van der Waals surface area contributed by atoms with E-state index in [9.17, 15) is 0 Å². The first-order chi connectivity index (χ1) is 11.1. The van der Waals surface area contributed by atoms with E-state index in [2.05, 4.69) is 39.4 Å². The molecule has 0 amide bonds. The number of hydrogen-bond donors (Lipinski definition) is 3. The Hall–Kier alpha value is -1.22. The number of nitrogens with two attached hydrogens (primary N) is 1. The third-order valence-electron chi connectivity index (χ3n) is 2.78. The molecule has 1 aromatic heterocycles. The van der Waals surface area contributed by atoms with Crippen molar-refractivity contribution >= 4 is 23.5 Å². The van der Waals surface area contributed by atoms with Crippen LogP contribution >= 0.6 is 11.6 Å². The van der Waals surface area contributed by atoms with Gasteiger partial charge >= 0.3 is 0 Å². The fourth-order valence-electron chi connectivity index (χ4n) is 1.62. The minimum absolute atomic E-state index is 0.158. The zero-order valence-corrected chi connectivity index (χ0v) is 14.6. The molecule has 0 radical (unpaired) electrons. The molecule has 132 valence electrons. The Labute approximate surface area is 142 Å². The molecule has 0 aliphatic rings. The maximum Gasteiger partial charge on any atom is 0.228 e. The van der Waals surface area contributed by atoms with E-state index >= 15 is 0 Å². The van der Waals surface area contributed by atoms with Crippen molar-refractivity contribution in [3.63, 3.8) is 0 Å². The number of nitrogens with zero attached hydrogens (tertiary/aromatic N) is 3. The van der Waals surface area contributed by atoms with E-state index in [1.54, 1.807) is 0 Å². The molecule has 0 aliphatic heterocycles. The normalized spacial score (nSPS) is 11.0.